The molecule has 3 rings (SSSR count). The standard InChI is InChI=1S/C20H17BrO2/c21-18-9-10-20(23-14-15-5-2-1-3-6-15)19(12-18)17-8-4-7-16(11-17)13-22/h1-12,22H,13-14H2. The molecule has 116 valence electrons. The molecule has 0 bridgehead atoms. The second kappa shape index (κ2) is 7.44. The number of benzene rings is 3. The molecule has 0 radical (unpaired) electrons. The van der Waals surface area contributed by atoms with Gasteiger partial charge in [-0.3, -0.25) is 0 Å². The van der Waals surface area contributed by atoms with Crippen molar-refractivity contribution in [3.05, 3.63) is 88.4 Å². The van der Waals surface area contributed by atoms with Gasteiger partial charge in [-0.25, -0.2) is 0 Å². The largest absolute Gasteiger partial charge is 0.488 e. The van der Waals surface area contributed by atoms with Crippen LogP contribution in [0.1, 0.15) is 11.1 Å². The third kappa shape index (κ3) is 4.01. The van der Waals surface area contributed by atoms with E-state index in [1.807, 2.05) is 72.8 Å². The fraction of sp³-hybridized carbons (Fsp3) is 0.100. The molecule has 0 amide bonds. The van der Waals surface area contributed by atoms with Crippen molar-refractivity contribution in [2.24, 2.45) is 0 Å². The molecular formula is C20H17BrO2. The van der Waals surface area contributed by atoms with Crippen molar-refractivity contribution in [3.63, 3.8) is 0 Å². The lowest BCUT2D eigenvalue weighted by Crippen LogP contribution is -1.97. The smallest absolute Gasteiger partial charge is 0.127 e. The molecule has 0 aliphatic carbocycles. The van der Waals surface area contributed by atoms with Gasteiger partial charge < -0.3 is 9.84 Å². The number of hydrogen-bond acceptors (Lipinski definition) is 2. The maximum atomic E-state index is 9.34. The van der Waals surface area contributed by atoms with Gasteiger partial charge in [0.15, 0.2) is 0 Å². The zero-order chi connectivity index (χ0) is 16.1. The van der Waals surface area contributed by atoms with Gasteiger partial charge in [-0.1, -0.05) is 64.5 Å². The highest BCUT2D eigenvalue weighted by Gasteiger charge is 2.08. The summed E-state index contributed by atoms with van der Waals surface area (Å²) in [6, 6.07) is 23.9. The first-order chi connectivity index (χ1) is 11.3. The van der Waals surface area contributed by atoms with E-state index in [9.17, 15) is 5.11 Å². The molecule has 0 atom stereocenters. The highest BCUT2D eigenvalue weighted by atomic mass is 79.9. The Labute approximate surface area is 144 Å². The number of hydrogen-bond donors (Lipinski definition) is 1. The molecule has 1 N–H and O–H groups in total. The number of aliphatic hydroxyl groups excluding tert-OH is 1. The Balaban J connectivity index is 1.91. The third-order valence-corrected chi connectivity index (χ3v) is 4.09. The van der Waals surface area contributed by atoms with Gasteiger partial charge in [-0.2, -0.15) is 0 Å². The Kier molecular flexibility index (Phi) is 5.11. The van der Waals surface area contributed by atoms with E-state index in [0.29, 0.717) is 6.61 Å². The van der Waals surface area contributed by atoms with Gasteiger partial charge >= 0.3 is 0 Å². The third-order valence-electron chi connectivity index (χ3n) is 3.60. The van der Waals surface area contributed by atoms with E-state index in [1.165, 1.54) is 0 Å². The molecule has 23 heavy (non-hydrogen) atoms. The van der Waals surface area contributed by atoms with Crippen LogP contribution in [0.25, 0.3) is 11.1 Å². The van der Waals surface area contributed by atoms with Crippen molar-refractivity contribution in [2.45, 2.75) is 13.2 Å². The SMILES string of the molecule is OCc1cccc(-c2cc(Br)ccc2OCc2ccccc2)c1. The van der Waals surface area contributed by atoms with Crippen molar-refractivity contribution in [1.29, 1.82) is 0 Å². The molecule has 0 saturated heterocycles. The topological polar surface area (TPSA) is 29.5 Å². The van der Waals surface area contributed by atoms with Crippen molar-refractivity contribution in [2.75, 3.05) is 0 Å². The normalized spacial score (nSPS) is 10.5. The van der Waals surface area contributed by atoms with Crippen LogP contribution in [0, 0.1) is 0 Å². The van der Waals surface area contributed by atoms with Crippen LogP contribution in [0.15, 0.2) is 77.3 Å². The Hall–Kier alpha value is -2.10. The maximum absolute atomic E-state index is 9.34. The molecule has 0 heterocycles. The summed E-state index contributed by atoms with van der Waals surface area (Å²) in [4.78, 5) is 0. The van der Waals surface area contributed by atoms with E-state index in [4.69, 9.17) is 4.74 Å². The second-order valence-corrected chi connectivity index (χ2v) is 6.19. The number of aliphatic hydroxyl groups is 1. The Morgan fingerprint density at radius 3 is 2.39 bits per heavy atom. The first-order valence-corrected chi connectivity index (χ1v) is 8.22. The minimum absolute atomic E-state index is 0.0298. The molecular weight excluding hydrogens is 352 g/mol. The van der Waals surface area contributed by atoms with Gasteiger partial charge in [0.05, 0.1) is 6.61 Å². The fourth-order valence-corrected chi connectivity index (χ4v) is 2.79. The quantitative estimate of drug-likeness (QED) is 0.671. The molecule has 3 heteroatoms. The number of halogens is 1. The van der Waals surface area contributed by atoms with Gasteiger partial charge in [0.1, 0.15) is 12.4 Å². The fourth-order valence-electron chi connectivity index (χ4n) is 2.43. The molecule has 0 aliphatic heterocycles. The van der Waals surface area contributed by atoms with Crippen LogP contribution in [-0.2, 0) is 13.2 Å². The molecule has 3 aromatic rings. The predicted octanol–water partition coefficient (Wildman–Crippen LogP) is 5.19. The average molecular weight is 369 g/mol. The second-order valence-electron chi connectivity index (χ2n) is 5.27. The molecule has 0 saturated carbocycles. The van der Waals surface area contributed by atoms with Gasteiger partial charge in [-0.15, -0.1) is 0 Å². The van der Waals surface area contributed by atoms with Crippen LogP contribution in [0.2, 0.25) is 0 Å². The Morgan fingerprint density at radius 1 is 0.826 bits per heavy atom. The van der Waals surface area contributed by atoms with Gasteiger partial charge in [0, 0.05) is 10.0 Å². The van der Waals surface area contributed by atoms with Gasteiger partial charge in [-0.05, 0) is 41.0 Å². The molecule has 0 aliphatic rings. The molecule has 2 nitrogen and oxygen atoms in total. The maximum Gasteiger partial charge on any atom is 0.127 e. The minimum Gasteiger partial charge on any atom is -0.488 e. The van der Waals surface area contributed by atoms with Crippen LogP contribution >= 0.6 is 15.9 Å². The predicted molar refractivity (Wildman–Crippen MR) is 96.3 cm³/mol. The lowest BCUT2D eigenvalue weighted by atomic mass is 10.0. The summed E-state index contributed by atoms with van der Waals surface area (Å²) in [5, 5.41) is 9.34. The monoisotopic (exact) mass is 368 g/mol. The minimum atomic E-state index is 0.0298. The Morgan fingerprint density at radius 2 is 1.61 bits per heavy atom. The summed E-state index contributed by atoms with van der Waals surface area (Å²) in [5.74, 6) is 0.826. The van der Waals surface area contributed by atoms with E-state index in [-0.39, 0.29) is 6.61 Å². The number of ether oxygens (including phenoxy) is 1. The summed E-state index contributed by atoms with van der Waals surface area (Å²) >= 11 is 3.52. The summed E-state index contributed by atoms with van der Waals surface area (Å²) < 4.78 is 7.02. The van der Waals surface area contributed by atoms with Crippen molar-refractivity contribution in [1.82, 2.24) is 0 Å². The summed E-state index contributed by atoms with van der Waals surface area (Å²) in [6.07, 6.45) is 0. The first-order valence-electron chi connectivity index (χ1n) is 7.43. The highest BCUT2D eigenvalue weighted by molar-refractivity contribution is 9.10. The van der Waals surface area contributed by atoms with Crippen molar-refractivity contribution in [3.8, 4) is 16.9 Å². The highest BCUT2D eigenvalue weighted by Crippen LogP contribution is 2.33. The summed E-state index contributed by atoms with van der Waals surface area (Å²) in [5.41, 5.74) is 4.05. The Bertz CT molecular complexity index is 785. The summed E-state index contributed by atoms with van der Waals surface area (Å²) in [7, 11) is 0. The molecule has 3 aromatic carbocycles. The first kappa shape index (κ1) is 15.8. The molecule has 0 unspecified atom stereocenters. The lowest BCUT2D eigenvalue weighted by molar-refractivity contribution is 0.282. The average Bonchev–Trinajstić information content (AvgIpc) is 2.61. The zero-order valence-electron chi connectivity index (χ0n) is 12.6. The molecule has 0 aromatic heterocycles. The van der Waals surface area contributed by atoms with Gasteiger partial charge in [0.2, 0.25) is 0 Å². The van der Waals surface area contributed by atoms with Crippen LogP contribution in [0.3, 0.4) is 0 Å². The van der Waals surface area contributed by atoms with E-state index < -0.39 is 0 Å². The van der Waals surface area contributed by atoms with Crippen LogP contribution in [-0.4, -0.2) is 5.11 Å². The van der Waals surface area contributed by atoms with Crippen LogP contribution in [0.4, 0.5) is 0 Å². The number of rotatable bonds is 5. The van der Waals surface area contributed by atoms with Crippen LogP contribution < -0.4 is 4.74 Å². The van der Waals surface area contributed by atoms with E-state index in [1.54, 1.807) is 0 Å². The molecule has 0 spiro atoms. The van der Waals surface area contributed by atoms with Crippen molar-refractivity contribution >= 4 is 15.9 Å². The van der Waals surface area contributed by atoms with Crippen molar-refractivity contribution < 1.29 is 9.84 Å². The van der Waals surface area contributed by atoms with E-state index >= 15 is 0 Å². The molecule has 0 fully saturated rings. The van der Waals surface area contributed by atoms with Crippen LogP contribution in [0.5, 0.6) is 5.75 Å². The lowest BCUT2D eigenvalue weighted by Gasteiger charge is -2.13. The van der Waals surface area contributed by atoms with Gasteiger partial charge in [0.25, 0.3) is 0 Å². The van der Waals surface area contributed by atoms with E-state index in [2.05, 4.69) is 15.9 Å². The zero-order valence-corrected chi connectivity index (χ0v) is 14.2. The summed E-state index contributed by atoms with van der Waals surface area (Å²) in [6.45, 7) is 0.553. The van der Waals surface area contributed by atoms with E-state index in [0.717, 1.165) is 32.5 Å².